The van der Waals surface area contributed by atoms with Gasteiger partial charge < -0.3 is 0 Å². The molecule has 0 aliphatic rings. The van der Waals surface area contributed by atoms with Crippen LogP contribution in [0.25, 0.3) is 0 Å². The summed E-state index contributed by atoms with van der Waals surface area (Å²) in [5.41, 5.74) is 3.36. The molecule has 0 radical (unpaired) electrons. The fourth-order valence-corrected chi connectivity index (χ4v) is 3.37. The van der Waals surface area contributed by atoms with Gasteiger partial charge in [0.15, 0.2) is 0 Å². The summed E-state index contributed by atoms with van der Waals surface area (Å²) in [6.07, 6.45) is 0. The van der Waals surface area contributed by atoms with Crippen LogP contribution in [0.4, 0.5) is 0 Å². The Morgan fingerprint density at radius 2 is 1.96 bits per heavy atom. The Hall–Kier alpha value is -2.03. The molecule has 1 aromatic carbocycles. The van der Waals surface area contributed by atoms with Gasteiger partial charge in [-0.05, 0) is 36.6 Å². The van der Waals surface area contributed by atoms with E-state index in [1.165, 1.54) is 43.6 Å². The number of benzene rings is 1. The number of carbonyl (C=O) groups excluding carboxylic acids is 1. The van der Waals surface area contributed by atoms with Crippen LogP contribution < -0.4 is 5.43 Å². The Morgan fingerprint density at radius 1 is 1.22 bits per heavy atom. The number of sulfonamides is 1. The maximum absolute atomic E-state index is 12.1. The molecule has 1 amide bonds. The standard InChI is InChI=1S/C15H17N3O3S2/c1-11(14-8-5-9-22-14)16-17-15(19)12-6-4-7-13(10-12)23(20,21)18(2)3/h4-10H,1-3H3,(H,17,19)/b16-11-. The van der Waals surface area contributed by atoms with E-state index in [9.17, 15) is 13.2 Å². The van der Waals surface area contributed by atoms with Crippen LogP contribution in [0.3, 0.4) is 0 Å². The van der Waals surface area contributed by atoms with E-state index < -0.39 is 15.9 Å². The molecule has 0 unspecified atom stereocenters. The van der Waals surface area contributed by atoms with Crippen LogP contribution >= 0.6 is 11.3 Å². The molecule has 1 N–H and O–H groups in total. The Bertz CT molecular complexity index is 825. The third-order valence-electron chi connectivity index (χ3n) is 3.08. The summed E-state index contributed by atoms with van der Waals surface area (Å²) < 4.78 is 25.3. The Kier molecular flexibility index (Phi) is 5.30. The zero-order valence-electron chi connectivity index (χ0n) is 13.0. The molecule has 1 heterocycles. The minimum absolute atomic E-state index is 0.0640. The first-order valence-corrected chi connectivity index (χ1v) is 9.05. The van der Waals surface area contributed by atoms with E-state index >= 15 is 0 Å². The Labute approximate surface area is 139 Å². The third kappa shape index (κ3) is 4.04. The molecule has 1 aromatic heterocycles. The van der Waals surface area contributed by atoms with E-state index in [1.807, 2.05) is 17.5 Å². The van der Waals surface area contributed by atoms with Crippen molar-refractivity contribution in [1.29, 1.82) is 0 Å². The molecule has 0 bridgehead atoms. The van der Waals surface area contributed by atoms with Gasteiger partial charge in [0.1, 0.15) is 0 Å². The summed E-state index contributed by atoms with van der Waals surface area (Å²) in [5.74, 6) is -0.461. The summed E-state index contributed by atoms with van der Waals surface area (Å²) in [6, 6.07) is 9.66. The largest absolute Gasteiger partial charge is 0.271 e. The van der Waals surface area contributed by atoms with Crippen molar-refractivity contribution in [3.63, 3.8) is 0 Å². The second kappa shape index (κ2) is 7.03. The lowest BCUT2D eigenvalue weighted by atomic mass is 10.2. The molecule has 0 aliphatic carbocycles. The maximum Gasteiger partial charge on any atom is 0.271 e. The topological polar surface area (TPSA) is 78.8 Å². The fourth-order valence-electron chi connectivity index (χ4n) is 1.75. The summed E-state index contributed by atoms with van der Waals surface area (Å²) in [5, 5.41) is 5.96. The molecule has 6 nitrogen and oxygen atoms in total. The first kappa shape index (κ1) is 17.3. The first-order valence-electron chi connectivity index (χ1n) is 6.73. The summed E-state index contributed by atoms with van der Waals surface area (Å²) >= 11 is 1.52. The molecule has 0 saturated heterocycles. The van der Waals surface area contributed by atoms with Gasteiger partial charge >= 0.3 is 0 Å². The normalized spacial score (nSPS) is 12.4. The molecule has 0 atom stereocenters. The van der Waals surface area contributed by atoms with E-state index in [4.69, 9.17) is 0 Å². The number of carbonyl (C=O) groups is 1. The second-order valence-corrected chi connectivity index (χ2v) is 8.03. The molecule has 0 fully saturated rings. The minimum Gasteiger partial charge on any atom is -0.267 e. The lowest BCUT2D eigenvalue weighted by molar-refractivity contribution is 0.0954. The number of nitrogens with one attached hydrogen (secondary N) is 1. The lowest BCUT2D eigenvalue weighted by Crippen LogP contribution is -2.23. The van der Waals surface area contributed by atoms with Crippen molar-refractivity contribution in [2.24, 2.45) is 5.10 Å². The molecule has 2 rings (SSSR count). The van der Waals surface area contributed by atoms with Gasteiger partial charge in [0.05, 0.1) is 10.6 Å². The molecule has 0 aliphatic heterocycles. The number of hydrogen-bond acceptors (Lipinski definition) is 5. The average molecular weight is 351 g/mol. The number of nitrogens with zero attached hydrogens (tertiary/aromatic N) is 2. The van der Waals surface area contributed by atoms with Gasteiger partial charge in [0.25, 0.3) is 5.91 Å². The summed E-state index contributed by atoms with van der Waals surface area (Å²) in [6.45, 7) is 1.79. The lowest BCUT2D eigenvalue weighted by Gasteiger charge is -2.11. The molecule has 2 aromatic rings. The highest BCUT2D eigenvalue weighted by molar-refractivity contribution is 7.89. The summed E-state index contributed by atoms with van der Waals surface area (Å²) in [4.78, 5) is 13.2. The van der Waals surface area contributed by atoms with Crippen LogP contribution in [-0.2, 0) is 10.0 Å². The van der Waals surface area contributed by atoms with Crippen molar-refractivity contribution in [2.75, 3.05) is 14.1 Å². The molecular weight excluding hydrogens is 334 g/mol. The average Bonchev–Trinajstić information content (AvgIpc) is 3.06. The highest BCUT2D eigenvalue weighted by Gasteiger charge is 2.18. The molecule has 23 heavy (non-hydrogen) atoms. The molecule has 0 spiro atoms. The maximum atomic E-state index is 12.1. The van der Waals surface area contributed by atoms with E-state index in [0.29, 0.717) is 5.71 Å². The van der Waals surface area contributed by atoms with Crippen molar-refractivity contribution in [2.45, 2.75) is 11.8 Å². The fraction of sp³-hybridized carbons (Fsp3) is 0.200. The predicted molar refractivity (Wildman–Crippen MR) is 91.3 cm³/mol. The Balaban J connectivity index is 2.19. The monoisotopic (exact) mass is 351 g/mol. The molecule has 8 heteroatoms. The predicted octanol–water partition coefficient (Wildman–Crippen LogP) is 2.15. The van der Waals surface area contributed by atoms with Crippen LogP contribution in [0, 0.1) is 0 Å². The van der Waals surface area contributed by atoms with Crippen LogP contribution in [0.2, 0.25) is 0 Å². The zero-order valence-corrected chi connectivity index (χ0v) is 14.6. The van der Waals surface area contributed by atoms with Crippen molar-refractivity contribution in [1.82, 2.24) is 9.73 Å². The van der Waals surface area contributed by atoms with Gasteiger partial charge in [-0.3, -0.25) is 4.79 Å². The Morgan fingerprint density at radius 3 is 2.57 bits per heavy atom. The zero-order chi connectivity index (χ0) is 17.0. The van der Waals surface area contributed by atoms with Gasteiger partial charge in [-0.1, -0.05) is 12.1 Å². The molecular formula is C15H17N3O3S2. The van der Waals surface area contributed by atoms with Gasteiger partial charge in [-0.25, -0.2) is 18.1 Å². The highest BCUT2D eigenvalue weighted by atomic mass is 32.2. The van der Waals surface area contributed by atoms with Gasteiger partial charge in [0.2, 0.25) is 10.0 Å². The van der Waals surface area contributed by atoms with Crippen LogP contribution in [0.15, 0.2) is 51.8 Å². The van der Waals surface area contributed by atoms with Crippen molar-refractivity contribution in [3.05, 3.63) is 52.2 Å². The molecule has 0 saturated carbocycles. The quantitative estimate of drug-likeness (QED) is 0.662. The van der Waals surface area contributed by atoms with Crippen LogP contribution in [-0.4, -0.2) is 38.4 Å². The smallest absolute Gasteiger partial charge is 0.267 e. The summed E-state index contributed by atoms with van der Waals surface area (Å²) in [7, 11) is -0.698. The number of rotatable bonds is 5. The highest BCUT2D eigenvalue weighted by Crippen LogP contribution is 2.15. The van der Waals surface area contributed by atoms with Crippen molar-refractivity contribution in [3.8, 4) is 0 Å². The molecule has 122 valence electrons. The van der Waals surface area contributed by atoms with E-state index in [2.05, 4.69) is 10.5 Å². The number of hydrazone groups is 1. The van der Waals surface area contributed by atoms with Crippen molar-refractivity contribution >= 4 is 33.0 Å². The van der Waals surface area contributed by atoms with E-state index in [1.54, 1.807) is 13.0 Å². The van der Waals surface area contributed by atoms with E-state index in [-0.39, 0.29) is 10.5 Å². The number of amides is 1. The van der Waals surface area contributed by atoms with Crippen LogP contribution in [0.1, 0.15) is 22.2 Å². The van der Waals surface area contributed by atoms with Crippen LogP contribution in [0.5, 0.6) is 0 Å². The SMILES string of the molecule is C/C(=N/NC(=O)c1cccc(S(=O)(=O)N(C)C)c1)c1cccs1. The number of hydrogen-bond donors (Lipinski definition) is 1. The minimum atomic E-state index is -3.58. The van der Waals surface area contributed by atoms with Gasteiger partial charge in [-0.15, -0.1) is 11.3 Å². The second-order valence-electron chi connectivity index (χ2n) is 4.93. The number of thiophene rings is 1. The first-order chi connectivity index (χ1) is 10.8. The van der Waals surface area contributed by atoms with Gasteiger partial charge in [0, 0.05) is 24.5 Å². The third-order valence-corrected chi connectivity index (χ3v) is 5.87. The van der Waals surface area contributed by atoms with Crippen molar-refractivity contribution < 1.29 is 13.2 Å². The van der Waals surface area contributed by atoms with Gasteiger partial charge in [-0.2, -0.15) is 5.10 Å². The van der Waals surface area contributed by atoms with E-state index in [0.717, 1.165) is 9.18 Å².